The number of hydrogen-bond acceptors (Lipinski definition) is 2. The second-order valence-corrected chi connectivity index (χ2v) is 5.30. The molecule has 2 rings (SSSR count). The van der Waals surface area contributed by atoms with Crippen LogP contribution in [0.25, 0.3) is 0 Å². The molecular weight excluding hydrogens is 279 g/mol. The van der Waals surface area contributed by atoms with Crippen molar-refractivity contribution in [3.05, 3.63) is 64.4 Å². The summed E-state index contributed by atoms with van der Waals surface area (Å²) in [6, 6.07) is 11.5. The molecule has 0 radical (unpaired) electrons. The van der Waals surface area contributed by atoms with Crippen molar-refractivity contribution in [2.75, 3.05) is 7.11 Å². The fourth-order valence-corrected chi connectivity index (χ4v) is 2.30. The van der Waals surface area contributed by atoms with Crippen molar-refractivity contribution in [2.24, 2.45) is 0 Å². The van der Waals surface area contributed by atoms with Gasteiger partial charge in [-0.05, 0) is 36.2 Å². The first-order valence-corrected chi connectivity index (χ1v) is 6.61. The molecule has 0 fully saturated rings. The average Bonchev–Trinajstić information content (AvgIpc) is 2.41. The molecule has 0 saturated carbocycles. The lowest BCUT2D eigenvalue weighted by molar-refractivity contribution is 0.0565. The van der Waals surface area contributed by atoms with Crippen LogP contribution in [-0.4, -0.2) is 12.2 Å². The van der Waals surface area contributed by atoms with Crippen molar-refractivity contribution < 1.29 is 14.2 Å². The molecule has 0 amide bonds. The summed E-state index contributed by atoms with van der Waals surface area (Å²) >= 11 is 5.97. The third-order valence-electron chi connectivity index (χ3n) is 3.27. The van der Waals surface area contributed by atoms with Crippen molar-refractivity contribution >= 4 is 11.6 Å². The lowest BCUT2D eigenvalue weighted by Gasteiger charge is -2.25. The maximum atomic E-state index is 13.7. The number of methoxy groups -OCH3 is 1. The van der Waals surface area contributed by atoms with E-state index in [0.29, 0.717) is 21.9 Å². The number of halogens is 2. The number of aliphatic hydroxyl groups is 1. The van der Waals surface area contributed by atoms with Gasteiger partial charge in [0.2, 0.25) is 0 Å². The van der Waals surface area contributed by atoms with Crippen LogP contribution in [0.3, 0.4) is 0 Å². The predicted octanol–water partition coefficient (Wildman–Crippen LogP) is 3.94. The molecule has 0 bridgehead atoms. The molecular formula is C16H16ClFO2. The van der Waals surface area contributed by atoms with Gasteiger partial charge in [-0.1, -0.05) is 35.9 Å². The van der Waals surface area contributed by atoms with Gasteiger partial charge in [0.15, 0.2) is 0 Å². The quantitative estimate of drug-likeness (QED) is 0.925. The summed E-state index contributed by atoms with van der Waals surface area (Å²) in [6.07, 6.45) is 0.171. The summed E-state index contributed by atoms with van der Waals surface area (Å²) in [6.45, 7) is 1.64. The highest BCUT2D eigenvalue weighted by Gasteiger charge is 2.25. The Morgan fingerprint density at radius 3 is 2.60 bits per heavy atom. The van der Waals surface area contributed by atoms with Crippen LogP contribution in [0.5, 0.6) is 5.75 Å². The van der Waals surface area contributed by atoms with Gasteiger partial charge >= 0.3 is 0 Å². The minimum absolute atomic E-state index is 0.171. The van der Waals surface area contributed by atoms with Crippen LogP contribution in [0.4, 0.5) is 4.39 Å². The molecule has 0 aliphatic heterocycles. The Hall–Kier alpha value is -1.58. The Morgan fingerprint density at radius 2 is 1.95 bits per heavy atom. The van der Waals surface area contributed by atoms with Crippen LogP contribution in [0, 0.1) is 5.82 Å². The minimum Gasteiger partial charge on any atom is -0.495 e. The predicted molar refractivity (Wildman–Crippen MR) is 77.7 cm³/mol. The molecule has 20 heavy (non-hydrogen) atoms. The van der Waals surface area contributed by atoms with Crippen LogP contribution in [0.1, 0.15) is 18.1 Å². The molecule has 1 atom stereocenters. The zero-order chi connectivity index (χ0) is 14.8. The van der Waals surface area contributed by atoms with Crippen LogP contribution >= 0.6 is 11.6 Å². The maximum Gasteiger partial charge on any atom is 0.137 e. The van der Waals surface area contributed by atoms with Gasteiger partial charge in [-0.25, -0.2) is 4.39 Å². The molecule has 2 nitrogen and oxygen atoms in total. The smallest absolute Gasteiger partial charge is 0.137 e. The van der Waals surface area contributed by atoms with Crippen LogP contribution in [-0.2, 0) is 12.0 Å². The fraction of sp³-hybridized carbons (Fsp3) is 0.250. The molecule has 0 heterocycles. The standard InChI is InChI=1S/C16H16ClFO2/c1-16(19,10-11-5-3-4-6-14(11)18)12-7-8-13(17)15(9-12)20-2/h3-9,19H,10H2,1-2H3. The zero-order valence-electron chi connectivity index (χ0n) is 11.4. The summed E-state index contributed by atoms with van der Waals surface area (Å²) < 4.78 is 18.8. The van der Waals surface area contributed by atoms with Crippen LogP contribution < -0.4 is 4.74 Å². The van der Waals surface area contributed by atoms with E-state index in [1.807, 2.05) is 0 Å². The third kappa shape index (κ3) is 3.11. The fourth-order valence-electron chi connectivity index (χ4n) is 2.11. The number of ether oxygens (including phenoxy) is 1. The van der Waals surface area contributed by atoms with E-state index >= 15 is 0 Å². The topological polar surface area (TPSA) is 29.5 Å². The third-order valence-corrected chi connectivity index (χ3v) is 3.58. The zero-order valence-corrected chi connectivity index (χ0v) is 12.1. The molecule has 0 aliphatic rings. The van der Waals surface area contributed by atoms with E-state index in [2.05, 4.69) is 0 Å². The number of rotatable bonds is 4. The minimum atomic E-state index is -1.21. The SMILES string of the molecule is COc1cc(C(C)(O)Cc2ccccc2F)ccc1Cl. The van der Waals surface area contributed by atoms with E-state index in [1.165, 1.54) is 13.2 Å². The summed E-state index contributed by atoms with van der Waals surface area (Å²) in [5, 5.41) is 11.1. The lowest BCUT2D eigenvalue weighted by atomic mass is 9.89. The van der Waals surface area contributed by atoms with Gasteiger partial charge in [0.05, 0.1) is 17.7 Å². The van der Waals surface area contributed by atoms with Crippen molar-refractivity contribution in [3.63, 3.8) is 0 Å². The Kier molecular flexibility index (Phi) is 4.31. The van der Waals surface area contributed by atoms with Crippen molar-refractivity contribution in [3.8, 4) is 5.75 Å². The molecule has 0 saturated heterocycles. The molecule has 0 spiro atoms. The normalized spacial score (nSPS) is 13.8. The van der Waals surface area contributed by atoms with Gasteiger partial charge in [-0.2, -0.15) is 0 Å². The van der Waals surface area contributed by atoms with Gasteiger partial charge in [0.25, 0.3) is 0 Å². The van der Waals surface area contributed by atoms with Gasteiger partial charge in [-0.15, -0.1) is 0 Å². The van der Waals surface area contributed by atoms with Crippen LogP contribution in [0.15, 0.2) is 42.5 Å². The first kappa shape index (κ1) is 14.8. The first-order valence-electron chi connectivity index (χ1n) is 6.24. The molecule has 0 aromatic heterocycles. The van der Waals surface area contributed by atoms with Crippen molar-refractivity contribution in [2.45, 2.75) is 18.9 Å². The average molecular weight is 295 g/mol. The Labute approximate surface area is 122 Å². The lowest BCUT2D eigenvalue weighted by Crippen LogP contribution is -2.24. The van der Waals surface area contributed by atoms with Crippen LogP contribution in [0.2, 0.25) is 5.02 Å². The van der Waals surface area contributed by atoms with E-state index in [1.54, 1.807) is 43.3 Å². The largest absolute Gasteiger partial charge is 0.495 e. The highest BCUT2D eigenvalue weighted by Crippen LogP contribution is 2.32. The highest BCUT2D eigenvalue weighted by atomic mass is 35.5. The number of benzene rings is 2. The van der Waals surface area contributed by atoms with E-state index in [9.17, 15) is 9.50 Å². The molecule has 106 valence electrons. The molecule has 0 aliphatic carbocycles. The highest BCUT2D eigenvalue weighted by molar-refractivity contribution is 6.32. The second-order valence-electron chi connectivity index (χ2n) is 4.89. The Balaban J connectivity index is 2.33. The molecule has 2 aromatic rings. The van der Waals surface area contributed by atoms with Gasteiger partial charge in [0.1, 0.15) is 11.6 Å². The monoisotopic (exact) mass is 294 g/mol. The van der Waals surface area contributed by atoms with E-state index < -0.39 is 5.60 Å². The first-order chi connectivity index (χ1) is 9.44. The van der Waals surface area contributed by atoms with Crippen molar-refractivity contribution in [1.82, 2.24) is 0 Å². The Morgan fingerprint density at radius 1 is 1.25 bits per heavy atom. The van der Waals surface area contributed by atoms with E-state index in [0.717, 1.165) is 0 Å². The van der Waals surface area contributed by atoms with Gasteiger partial charge < -0.3 is 9.84 Å². The summed E-state index contributed by atoms with van der Waals surface area (Å²) in [5.41, 5.74) is -0.117. The molecule has 2 aromatic carbocycles. The number of hydrogen-bond donors (Lipinski definition) is 1. The van der Waals surface area contributed by atoms with Gasteiger partial charge in [0, 0.05) is 6.42 Å². The van der Waals surface area contributed by atoms with E-state index in [4.69, 9.17) is 16.3 Å². The van der Waals surface area contributed by atoms with E-state index in [-0.39, 0.29) is 12.2 Å². The molecule has 4 heteroatoms. The summed E-state index contributed by atoms with van der Waals surface area (Å²) in [7, 11) is 1.51. The Bertz CT molecular complexity index is 611. The molecule has 1 N–H and O–H groups in total. The van der Waals surface area contributed by atoms with Gasteiger partial charge in [-0.3, -0.25) is 0 Å². The van der Waals surface area contributed by atoms with Crippen molar-refractivity contribution in [1.29, 1.82) is 0 Å². The summed E-state index contributed by atoms with van der Waals surface area (Å²) in [5.74, 6) is 0.159. The summed E-state index contributed by atoms with van der Waals surface area (Å²) in [4.78, 5) is 0. The maximum absolute atomic E-state index is 13.7. The molecule has 1 unspecified atom stereocenters. The second kappa shape index (κ2) is 5.81.